The van der Waals surface area contributed by atoms with Gasteiger partial charge in [0.15, 0.2) is 0 Å². The highest BCUT2D eigenvalue weighted by Gasteiger charge is 2.10. The normalized spacial score (nSPS) is 12.2. The van der Waals surface area contributed by atoms with Gasteiger partial charge in [-0.2, -0.15) is 0 Å². The Morgan fingerprint density at radius 2 is 1.90 bits per heavy atom. The van der Waals surface area contributed by atoms with Crippen molar-refractivity contribution in [2.75, 3.05) is 13.7 Å². The van der Waals surface area contributed by atoms with Gasteiger partial charge in [-0.1, -0.05) is 35.9 Å². The molecule has 0 fully saturated rings. The van der Waals surface area contributed by atoms with Crippen LogP contribution in [0.2, 0.25) is 0 Å². The Kier molecular flexibility index (Phi) is 5.37. The maximum Gasteiger partial charge on any atom is 0.119 e. The van der Waals surface area contributed by atoms with Gasteiger partial charge in [0.2, 0.25) is 0 Å². The standard InChI is InChI=1S/C18H23NO2/c1-13-7-8-17(14(2)9-13)18(19)12-21-16-6-4-5-15(10-16)11-20-3/h4-10,18H,11-12,19H2,1-3H3. The van der Waals surface area contributed by atoms with E-state index >= 15 is 0 Å². The van der Waals surface area contributed by atoms with Gasteiger partial charge in [0.25, 0.3) is 0 Å². The van der Waals surface area contributed by atoms with Crippen LogP contribution in [-0.2, 0) is 11.3 Å². The SMILES string of the molecule is COCc1cccc(OCC(N)c2ccc(C)cc2C)c1. The topological polar surface area (TPSA) is 44.5 Å². The van der Waals surface area contributed by atoms with Crippen molar-refractivity contribution in [2.45, 2.75) is 26.5 Å². The lowest BCUT2D eigenvalue weighted by Crippen LogP contribution is -2.20. The van der Waals surface area contributed by atoms with Crippen LogP contribution in [-0.4, -0.2) is 13.7 Å². The molecule has 2 aromatic rings. The Morgan fingerprint density at radius 3 is 2.62 bits per heavy atom. The molecule has 0 heterocycles. The summed E-state index contributed by atoms with van der Waals surface area (Å²) in [6.07, 6.45) is 0. The van der Waals surface area contributed by atoms with Crippen molar-refractivity contribution in [1.29, 1.82) is 0 Å². The number of benzene rings is 2. The van der Waals surface area contributed by atoms with Gasteiger partial charge in [0.05, 0.1) is 12.6 Å². The summed E-state index contributed by atoms with van der Waals surface area (Å²) in [7, 11) is 1.68. The number of aryl methyl sites for hydroxylation is 2. The molecule has 0 radical (unpaired) electrons. The number of hydrogen-bond acceptors (Lipinski definition) is 3. The van der Waals surface area contributed by atoms with E-state index in [4.69, 9.17) is 15.2 Å². The molecule has 0 aliphatic heterocycles. The van der Waals surface area contributed by atoms with Crippen LogP contribution in [0.1, 0.15) is 28.3 Å². The number of nitrogens with two attached hydrogens (primary N) is 1. The summed E-state index contributed by atoms with van der Waals surface area (Å²) in [4.78, 5) is 0. The van der Waals surface area contributed by atoms with E-state index in [-0.39, 0.29) is 6.04 Å². The van der Waals surface area contributed by atoms with Gasteiger partial charge in [-0.3, -0.25) is 0 Å². The molecule has 0 aliphatic rings. The van der Waals surface area contributed by atoms with Gasteiger partial charge < -0.3 is 15.2 Å². The van der Waals surface area contributed by atoms with E-state index in [2.05, 4.69) is 32.0 Å². The highest BCUT2D eigenvalue weighted by molar-refractivity contribution is 5.33. The molecule has 0 saturated carbocycles. The summed E-state index contributed by atoms with van der Waals surface area (Å²) >= 11 is 0. The third-order valence-corrected chi connectivity index (χ3v) is 3.46. The Bertz CT molecular complexity index is 596. The number of hydrogen-bond donors (Lipinski definition) is 1. The summed E-state index contributed by atoms with van der Waals surface area (Å²) in [5.41, 5.74) is 10.9. The smallest absolute Gasteiger partial charge is 0.119 e. The van der Waals surface area contributed by atoms with E-state index < -0.39 is 0 Å². The second-order valence-electron chi connectivity index (χ2n) is 5.36. The predicted octanol–water partition coefficient (Wildman–Crippen LogP) is 3.53. The van der Waals surface area contributed by atoms with Gasteiger partial charge in [-0.05, 0) is 42.7 Å². The zero-order valence-electron chi connectivity index (χ0n) is 12.9. The van der Waals surface area contributed by atoms with Gasteiger partial charge in [0.1, 0.15) is 12.4 Å². The molecule has 2 aromatic carbocycles. The molecule has 112 valence electrons. The third-order valence-electron chi connectivity index (χ3n) is 3.46. The molecule has 0 spiro atoms. The Morgan fingerprint density at radius 1 is 1.10 bits per heavy atom. The fourth-order valence-electron chi connectivity index (χ4n) is 2.41. The van der Waals surface area contributed by atoms with Crippen LogP contribution >= 0.6 is 0 Å². The average molecular weight is 285 g/mol. The summed E-state index contributed by atoms with van der Waals surface area (Å²) in [6.45, 7) is 5.21. The quantitative estimate of drug-likeness (QED) is 0.883. The lowest BCUT2D eigenvalue weighted by Gasteiger charge is -2.16. The molecule has 0 aromatic heterocycles. The van der Waals surface area contributed by atoms with Crippen LogP contribution in [0.25, 0.3) is 0 Å². The highest BCUT2D eigenvalue weighted by atomic mass is 16.5. The zero-order valence-corrected chi connectivity index (χ0v) is 12.9. The molecule has 21 heavy (non-hydrogen) atoms. The first kappa shape index (κ1) is 15.5. The lowest BCUT2D eigenvalue weighted by molar-refractivity contribution is 0.184. The first-order valence-corrected chi connectivity index (χ1v) is 7.13. The molecule has 0 aliphatic carbocycles. The fourth-order valence-corrected chi connectivity index (χ4v) is 2.41. The zero-order chi connectivity index (χ0) is 15.2. The number of methoxy groups -OCH3 is 1. The van der Waals surface area contributed by atoms with Crippen molar-refractivity contribution in [3.05, 3.63) is 64.7 Å². The molecule has 3 nitrogen and oxygen atoms in total. The molecule has 2 N–H and O–H groups in total. The van der Waals surface area contributed by atoms with Crippen LogP contribution in [0, 0.1) is 13.8 Å². The van der Waals surface area contributed by atoms with E-state index in [1.165, 1.54) is 11.1 Å². The van der Waals surface area contributed by atoms with E-state index in [1.54, 1.807) is 7.11 Å². The summed E-state index contributed by atoms with van der Waals surface area (Å²) in [6, 6.07) is 14.1. The van der Waals surface area contributed by atoms with Gasteiger partial charge in [-0.15, -0.1) is 0 Å². The van der Waals surface area contributed by atoms with Crippen molar-refractivity contribution in [3.63, 3.8) is 0 Å². The van der Waals surface area contributed by atoms with E-state index in [1.807, 2.05) is 24.3 Å². The lowest BCUT2D eigenvalue weighted by atomic mass is 10.0. The summed E-state index contributed by atoms with van der Waals surface area (Å²) in [5, 5.41) is 0. The van der Waals surface area contributed by atoms with E-state index in [0.717, 1.165) is 16.9 Å². The largest absolute Gasteiger partial charge is 0.492 e. The Labute approximate surface area is 126 Å². The minimum absolute atomic E-state index is 0.128. The molecule has 0 bridgehead atoms. The van der Waals surface area contributed by atoms with Gasteiger partial charge in [-0.25, -0.2) is 0 Å². The maximum absolute atomic E-state index is 6.24. The molecule has 3 heteroatoms. The minimum atomic E-state index is -0.128. The van der Waals surface area contributed by atoms with Crippen LogP contribution < -0.4 is 10.5 Å². The molecule has 2 rings (SSSR count). The number of rotatable bonds is 6. The van der Waals surface area contributed by atoms with E-state index in [0.29, 0.717) is 13.2 Å². The average Bonchev–Trinajstić information content (AvgIpc) is 2.45. The molecular formula is C18H23NO2. The van der Waals surface area contributed by atoms with Crippen molar-refractivity contribution in [1.82, 2.24) is 0 Å². The van der Waals surface area contributed by atoms with Crippen LogP contribution in [0.15, 0.2) is 42.5 Å². The maximum atomic E-state index is 6.24. The summed E-state index contributed by atoms with van der Waals surface area (Å²) in [5.74, 6) is 0.824. The predicted molar refractivity (Wildman–Crippen MR) is 85.5 cm³/mol. The number of ether oxygens (including phenoxy) is 2. The van der Waals surface area contributed by atoms with Crippen LogP contribution in [0.3, 0.4) is 0 Å². The monoisotopic (exact) mass is 285 g/mol. The molecule has 0 saturated heterocycles. The van der Waals surface area contributed by atoms with Crippen molar-refractivity contribution < 1.29 is 9.47 Å². The molecule has 1 atom stereocenters. The van der Waals surface area contributed by atoms with Crippen LogP contribution in [0.4, 0.5) is 0 Å². The Hall–Kier alpha value is -1.84. The first-order valence-electron chi connectivity index (χ1n) is 7.13. The van der Waals surface area contributed by atoms with Crippen molar-refractivity contribution in [2.24, 2.45) is 5.73 Å². The highest BCUT2D eigenvalue weighted by Crippen LogP contribution is 2.20. The second kappa shape index (κ2) is 7.25. The van der Waals surface area contributed by atoms with E-state index in [9.17, 15) is 0 Å². The van der Waals surface area contributed by atoms with Crippen LogP contribution in [0.5, 0.6) is 5.75 Å². The van der Waals surface area contributed by atoms with Gasteiger partial charge >= 0.3 is 0 Å². The Balaban J connectivity index is 2.00. The molecule has 1 unspecified atom stereocenters. The third kappa shape index (κ3) is 4.31. The molecule has 0 amide bonds. The molecular weight excluding hydrogens is 262 g/mol. The first-order chi connectivity index (χ1) is 10.1. The fraction of sp³-hybridized carbons (Fsp3) is 0.333. The van der Waals surface area contributed by atoms with Crippen molar-refractivity contribution >= 4 is 0 Å². The second-order valence-corrected chi connectivity index (χ2v) is 5.36. The van der Waals surface area contributed by atoms with Gasteiger partial charge in [0, 0.05) is 7.11 Å². The minimum Gasteiger partial charge on any atom is -0.492 e. The van der Waals surface area contributed by atoms with Crippen molar-refractivity contribution in [3.8, 4) is 5.75 Å². The summed E-state index contributed by atoms with van der Waals surface area (Å²) < 4.78 is 10.9.